The van der Waals surface area contributed by atoms with Gasteiger partial charge in [0.2, 0.25) is 0 Å². The smallest absolute Gasteiger partial charge is 0.269 e. The van der Waals surface area contributed by atoms with Gasteiger partial charge in [-0.05, 0) is 26.0 Å². The van der Waals surface area contributed by atoms with E-state index in [0.717, 1.165) is 29.8 Å². The molecule has 0 unspecified atom stereocenters. The highest BCUT2D eigenvalue weighted by molar-refractivity contribution is 5.94. The van der Waals surface area contributed by atoms with E-state index in [2.05, 4.69) is 15.4 Å². The molecule has 0 saturated carbocycles. The third kappa shape index (κ3) is 2.78. The van der Waals surface area contributed by atoms with Crippen LogP contribution in [-0.4, -0.2) is 33.3 Å². The molecule has 6 heteroatoms. The highest BCUT2D eigenvalue weighted by atomic mass is 16.5. The molecule has 0 saturated heterocycles. The van der Waals surface area contributed by atoms with Crippen LogP contribution in [-0.2, 0) is 24.6 Å². The minimum Gasteiger partial charge on any atom is -0.369 e. The van der Waals surface area contributed by atoms with Crippen LogP contribution in [0.15, 0.2) is 18.3 Å². The Kier molecular flexibility index (Phi) is 4.02. The highest BCUT2D eigenvalue weighted by Gasteiger charge is 2.31. The lowest BCUT2D eigenvalue weighted by atomic mass is 9.99. The monoisotopic (exact) mass is 302 g/mol. The largest absolute Gasteiger partial charge is 0.369 e. The molecule has 2 atom stereocenters. The third-order valence-electron chi connectivity index (χ3n) is 4.05. The Balaban J connectivity index is 1.72. The number of hydrogen-bond acceptors (Lipinski definition) is 3. The maximum Gasteiger partial charge on any atom is 0.269 e. The lowest BCUT2D eigenvalue weighted by Gasteiger charge is -2.24. The van der Waals surface area contributed by atoms with Crippen molar-refractivity contribution in [1.82, 2.24) is 20.1 Å². The topological polar surface area (TPSA) is 71.9 Å². The van der Waals surface area contributed by atoms with Gasteiger partial charge in [-0.3, -0.25) is 9.48 Å². The molecule has 0 aliphatic carbocycles. The molecular weight excluding hydrogens is 280 g/mol. The second-order valence-electron chi connectivity index (χ2n) is 5.83. The number of amides is 1. The summed E-state index contributed by atoms with van der Waals surface area (Å²) in [5.41, 5.74) is 3.67. The summed E-state index contributed by atoms with van der Waals surface area (Å²) in [6.07, 6.45) is 3.45. The van der Waals surface area contributed by atoms with Gasteiger partial charge in [-0.15, -0.1) is 0 Å². The first-order valence-electron chi connectivity index (χ1n) is 7.68. The number of aromatic nitrogens is 3. The van der Waals surface area contributed by atoms with Gasteiger partial charge in [-0.25, -0.2) is 0 Å². The molecule has 0 spiro atoms. The molecule has 0 radical (unpaired) electrons. The molecule has 1 aliphatic rings. The van der Waals surface area contributed by atoms with Gasteiger partial charge >= 0.3 is 0 Å². The number of hydrogen-bond donors (Lipinski definition) is 2. The van der Waals surface area contributed by atoms with Crippen LogP contribution in [0.25, 0.3) is 0 Å². The van der Waals surface area contributed by atoms with Crippen LogP contribution in [0.2, 0.25) is 0 Å². The standard InChI is InChI=1S/C16H22N4O2/c1-10-9-13-14(11(2)22-10)19-20(3)15(13)16(21)18-8-6-12-5-4-7-17-12/h4-5,7,10-11,17H,6,8-9H2,1-3H3,(H,18,21)/t10-,11+/m1/s1. The van der Waals surface area contributed by atoms with E-state index in [-0.39, 0.29) is 18.1 Å². The number of carbonyl (C=O) groups excluding carboxylic acids is 1. The second-order valence-corrected chi connectivity index (χ2v) is 5.83. The van der Waals surface area contributed by atoms with Crippen molar-refractivity contribution in [3.63, 3.8) is 0 Å². The van der Waals surface area contributed by atoms with Crippen molar-refractivity contribution in [2.45, 2.75) is 38.9 Å². The number of nitrogens with one attached hydrogen (secondary N) is 2. The highest BCUT2D eigenvalue weighted by Crippen LogP contribution is 2.30. The average Bonchev–Trinajstić information content (AvgIpc) is 3.06. The van der Waals surface area contributed by atoms with Crippen LogP contribution in [0, 0.1) is 0 Å². The third-order valence-corrected chi connectivity index (χ3v) is 4.05. The molecule has 6 nitrogen and oxygen atoms in total. The number of aromatic amines is 1. The molecule has 3 heterocycles. The molecule has 22 heavy (non-hydrogen) atoms. The van der Waals surface area contributed by atoms with E-state index < -0.39 is 0 Å². The van der Waals surface area contributed by atoms with Crippen LogP contribution in [0.4, 0.5) is 0 Å². The summed E-state index contributed by atoms with van der Waals surface area (Å²) >= 11 is 0. The van der Waals surface area contributed by atoms with Crippen LogP contribution in [0.1, 0.15) is 47.4 Å². The van der Waals surface area contributed by atoms with Gasteiger partial charge in [0.05, 0.1) is 17.9 Å². The number of nitrogens with zero attached hydrogens (tertiary/aromatic N) is 2. The first kappa shape index (κ1) is 14.8. The van der Waals surface area contributed by atoms with Crippen molar-refractivity contribution in [1.29, 1.82) is 0 Å². The number of ether oxygens (including phenoxy) is 1. The van der Waals surface area contributed by atoms with Gasteiger partial charge in [-0.2, -0.15) is 5.10 Å². The molecule has 2 aromatic heterocycles. The SMILES string of the molecule is C[C@@H]1Cc2c(nn(C)c2C(=O)NCCc2ccc[nH]2)[C@H](C)O1. The zero-order valence-corrected chi connectivity index (χ0v) is 13.2. The number of fused-ring (bicyclic) bond motifs is 1. The summed E-state index contributed by atoms with van der Waals surface area (Å²) in [5.74, 6) is -0.0656. The van der Waals surface area contributed by atoms with E-state index in [9.17, 15) is 4.79 Å². The zero-order valence-electron chi connectivity index (χ0n) is 13.2. The maximum atomic E-state index is 12.5. The predicted molar refractivity (Wildman–Crippen MR) is 82.7 cm³/mol. The molecule has 118 valence electrons. The fraction of sp³-hybridized carbons (Fsp3) is 0.500. The van der Waals surface area contributed by atoms with E-state index in [1.165, 1.54) is 0 Å². The first-order valence-corrected chi connectivity index (χ1v) is 7.68. The lowest BCUT2D eigenvalue weighted by Crippen LogP contribution is -2.30. The zero-order chi connectivity index (χ0) is 15.7. The van der Waals surface area contributed by atoms with Crippen molar-refractivity contribution >= 4 is 5.91 Å². The molecule has 0 fully saturated rings. The Morgan fingerprint density at radius 2 is 2.36 bits per heavy atom. The van der Waals surface area contributed by atoms with E-state index in [4.69, 9.17) is 4.74 Å². The van der Waals surface area contributed by atoms with E-state index >= 15 is 0 Å². The molecule has 0 aromatic carbocycles. The van der Waals surface area contributed by atoms with Gasteiger partial charge in [0.1, 0.15) is 5.69 Å². The Morgan fingerprint density at radius 3 is 3.09 bits per heavy atom. The van der Waals surface area contributed by atoms with Gasteiger partial charge in [-0.1, -0.05) is 0 Å². The van der Waals surface area contributed by atoms with Crippen LogP contribution in [0.3, 0.4) is 0 Å². The maximum absolute atomic E-state index is 12.5. The summed E-state index contributed by atoms with van der Waals surface area (Å²) < 4.78 is 7.45. The van der Waals surface area contributed by atoms with Crippen LogP contribution < -0.4 is 5.32 Å². The lowest BCUT2D eigenvalue weighted by molar-refractivity contribution is -0.00709. The normalized spacial score (nSPS) is 20.7. The minimum absolute atomic E-state index is 0.0644. The first-order chi connectivity index (χ1) is 10.6. The number of H-pyrrole nitrogens is 1. The van der Waals surface area contributed by atoms with E-state index in [0.29, 0.717) is 12.2 Å². The fourth-order valence-corrected chi connectivity index (χ4v) is 3.07. The Labute approximate surface area is 129 Å². The van der Waals surface area contributed by atoms with Gasteiger partial charge < -0.3 is 15.0 Å². The predicted octanol–water partition coefficient (Wildman–Crippen LogP) is 1.74. The van der Waals surface area contributed by atoms with Crippen LogP contribution >= 0.6 is 0 Å². The Hall–Kier alpha value is -2.08. The van der Waals surface area contributed by atoms with Crippen molar-refractivity contribution in [2.75, 3.05) is 6.54 Å². The summed E-state index contributed by atoms with van der Waals surface area (Å²) in [4.78, 5) is 15.7. The van der Waals surface area contributed by atoms with Crippen molar-refractivity contribution < 1.29 is 9.53 Å². The molecular formula is C16H22N4O2. The molecule has 1 aliphatic heterocycles. The second kappa shape index (κ2) is 5.96. The number of rotatable bonds is 4. The molecule has 1 amide bonds. The minimum atomic E-state index is -0.0656. The number of carbonyl (C=O) groups is 1. The fourth-order valence-electron chi connectivity index (χ4n) is 3.07. The van der Waals surface area contributed by atoms with Crippen molar-refractivity contribution in [3.05, 3.63) is 41.0 Å². The average molecular weight is 302 g/mol. The summed E-state index contributed by atoms with van der Waals surface area (Å²) in [7, 11) is 1.82. The van der Waals surface area contributed by atoms with E-state index in [1.807, 2.05) is 39.2 Å². The molecule has 2 N–H and O–H groups in total. The van der Waals surface area contributed by atoms with Gasteiger partial charge in [0.15, 0.2) is 0 Å². The quantitative estimate of drug-likeness (QED) is 0.903. The summed E-state index contributed by atoms with van der Waals surface area (Å²) in [5, 5.41) is 7.45. The van der Waals surface area contributed by atoms with E-state index in [1.54, 1.807) is 4.68 Å². The Bertz CT molecular complexity index is 660. The summed E-state index contributed by atoms with van der Waals surface area (Å²) in [6, 6.07) is 3.97. The van der Waals surface area contributed by atoms with Gasteiger partial charge in [0.25, 0.3) is 5.91 Å². The Morgan fingerprint density at radius 1 is 1.55 bits per heavy atom. The van der Waals surface area contributed by atoms with Crippen molar-refractivity contribution in [2.24, 2.45) is 7.05 Å². The van der Waals surface area contributed by atoms with Crippen LogP contribution in [0.5, 0.6) is 0 Å². The molecule has 2 aromatic rings. The molecule has 0 bridgehead atoms. The number of aryl methyl sites for hydroxylation is 1. The van der Waals surface area contributed by atoms with Gasteiger partial charge in [0, 0.05) is 43.9 Å². The molecule has 3 rings (SSSR count). The van der Waals surface area contributed by atoms with Crippen molar-refractivity contribution in [3.8, 4) is 0 Å². The summed E-state index contributed by atoms with van der Waals surface area (Å²) in [6.45, 7) is 4.61.